The van der Waals surface area contributed by atoms with Gasteiger partial charge in [-0.25, -0.2) is 0 Å². The second-order valence-corrected chi connectivity index (χ2v) is 7.91. The number of hydrogen-bond acceptors (Lipinski definition) is 4. The minimum atomic E-state index is -4.03. The minimum Gasteiger partial charge on any atom is -0.362 e. The number of unbranched alkanes of at least 4 members (excludes halogenated alkanes) is 5. The van der Waals surface area contributed by atoms with Crippen LogP contribution in [0.1, 0.15) is 51.0 Å². The van der Waals surface area contributed by atoms with Crippen molar-refractivity contribution in [2.24, 2.45) is 0 Å². The van der Waals surface area contributed by atoms with E-state index < -0.39 is 10.1 Å². The largest absolute Gasteiger partial charge is 0.362 e. The summed E-state index contributed by atoms with van der Waals surface area (Å²) in [6, 6.07) is 6.27. The molecule has 0 saturated heterocycles. The van der Waals surface area contributed by atoms with Crippen LogP contribution in [-0.2, 0) is 10.1 Å². The second kappa shape index (κ2) is 11.2. The fraction of sp³-hybridized carbons (Fsp3) is 0.579. The Hall–Kier alpha value is -1.53. The molecule has 0 fully saturated rings. The monoisotopic (exact) mass is 368 g/mol. The van der Waals surface area contributed by atoms with Crippen LogP contribution in [0.3, 0.4) is 0 Å². The van der Waals surface area contributed by atoms with E-state index in [0.717, 1.165) is 6.67 Å². The lowest BCUT2D eigenvalue weighted by atomic mass is 10.1. The number of nitrogens with zero attached hydrogens (tertiary/aromatic N) is 2. The molecule has 1 aromatic rings. The first-order valence-corrected chi connectivity index (χ1v) is 10.4. The first-order valence-electron chi connectivity index (χ1n) is 9.00. The Morgan fingerprint density at radius 1 is 1.04 bits per heavy atom. The van der Waals surface area contributed by atoms with Gasteiger partial charge in [-0.3, -0.25) is 4.55 Å². The maximum absolute atomic E-state index is 10.6. The molecule has 0 unspecified atom stereocenters. The number of benzene rings is 1. The van der Waals surface area contributed by atoms with Crippen molar-refractivity contribution in [3.05, 3.63) is 42.2 Å². The van der Waals surface area contributed by atoms with Crippen molar-refractivity contribution in [1.29, 1.82) is 0 Å². The first kappa shape index (κ1) is 21.5. The lowest BCUT2D eigenvalue weighted by Gasteiger charge is -2.17. The zero-order chi connectivity index (χ0) is 18.7. The van der Waals surface area contributed by atoms with Gasteiger partial charge in [0.2, 0.25) is 0 Å². The van der Waals surface area contributed by atoms with Crippen molar-refractivity contribution in [1.82, 2.24) is 9.80 Å². The van der Waals surface area contributed by atoms with Crippen LogP contribution in [0.4, 0.5) is 0 Å². The van der Waals surface area contributed by atoms with Crippen LogP contribution < -0.4 is 0 Å². The van der Waals surface area contributed by atoms with E-state index in [1.165, 1.54) is 51.1 Å². The zero-order valence-electron chi connectivity index (χ0n) is 15.7. The summed E-state index contributed by atoms with van der Waals surface area (Å²) in [5, 5.41) is 0. The van der Waals surface area contributed by atoms with Crippen LogP contribution >= 0.6 is 0 Å². The highest BCUT2D eigenvalue weighted by molar-refractivity contribution is 7.85. The van der Waals surface area contributed by atoms with Crippen molar-refractivity contribution in [2.75, 3.05) is 20.3 Å². The second-order valence-electron chi connectivity index (χ2n) is 6.52. The molecule has 1 heterocycles. The third-order valence-corrected chi connectivity index (χ3v) is 5.12. The normalized spacial score (nSPS) is 13.8. The summed E-state index contributed by atoms with van der Waals surface area (Å²) in [7, 11) is -1.91. The Bertz CT molecular complexity index is 629. The smallest absolute Gasteiger partial charge is 0.294 e. The first-order chi connectivity index (χ1) is 11.8. The molecule has 0 radical (unpaired) electrons. The average Bonchev–Trinajstić information content (AvgIpc) is 2.96. The lowest BCUT2D eigenvalue weighted by molar-refractivity contribution is 0.290. The number of hydrogen-bond donors (Lipinski definition) is 1. The van der Waals surface area contributed by atoms with Gasteiger partial charge >= 0.3 is 0 Å². The van der Waals surface area contributed by atoms with Crippen molar-refractivity contribution < 1.29 is 13.0 Å². The number of aryl methyl sites for hydroxylation is 1. The molecular weight excluding hydrogens is 336 g/mol. The van der Waals surface area contributed by atoms with Crippen LogP contribution in [-0.4, -0.2) is 43.0 Å². The molecule has 25 heavy (non-hydrogen) atoms. The topological polar surface area (TPSA) is 60.9 Å². The highest BCUT2D eigenvalue weighted by atomic mass is 32.2. The van der Waals surface area contributed by atoms with Crippen molar-refractivity contribution in [3.8, 4) is 0 Å². The van der Waals surface area contributed by atoms with Gasteiger partial charge in [0.05, 0.1) is 11.6 Å². The Morgan fingerprint density at radius 3 is 2.20 bits per heavy atom. The maximum Gasteiger partial charge on any atom is 0.294 e. The molecule has 6 heteroatoms. The summed E-state index contributed by atoms with van der Waals surface area (Å²) >= 11 is 0. The lowest BCUT2D eigenvalue weighted by Crippen LogP contribution is -2.23. The summed E-state index contributed by atoms with van der Waals surface area (Å²) in [6.45, 7) is 6.20. The molecule has 1 N–H and O–H groups in total. The van der Waals surface area contributed by atoms with Crippen molar-refractivity contribution >= 4 is 10.1 Å². The van der Waals surface area contributed by atoms with Gasteiger partial charge in [-0.2, -0.15) is 8.42 Å². The van der Waals surface area contributed by atoms with E-state index in [1.54, 1.807) is 25.1 Å². The van der Waals surface area contributed by atoms with E-state index >= 15 is 0 Å². The van der Waals surface area contributed by atoms with Crippen LogP contribution in [0.2, 0.25) is 0 Å². The standard InChI is InChI=1S/C12H24N2.C7H8O3S/c1-3-4-5-6-7-8-9-14-11-10-13(2)12-14;1-6-4-2-3-5-7(6)11(8,9)10/h10-11H,3-9,12H2,1-2H3;2-5H,1H3,(H,8,9,10). The molecule has 5 nitrogen and oxygen atoms in total. The maximum atomic E-state index is 10.6. The Labute approximate surface area is 153 Å². The summed E-state index contributed by atoms with van der Waals surface area (Å²) in [5.74, 6) is 0. The fourth-order valence-electron chi connectivity index (χ4n) is 2.68. The number of rotatable bonds is 8. The molecule has 0 aromatic heterocycles. The van der Waals surface area contributed by atoms with Gasteiger partial charge in [-0.05, 0) is 25.0 Å². The molecule has 2 rings (SSSR count). The quantitative estimate of drug-likeness (QED) is 0.548. The van der Waals surface area contributed by atoms with E-state index in [2.05, 4.69) is 36.2 Å². The van der Waals surface area contributed by atoms with Crippen LogP contribution in [0.15, 0.2) is 41.6 Å². The van der Waals surface area contributed by atoms with Gasteiger partial charge < -0.3 is 9.80 Å². The van der Waals surface area contributed by atoms with Gasteiger partial charge in [0.25, 0.3) is 10.1 Å². The van der Waals surface area contributed by atoms with E-state index in [0.29, 0.717) is 5.56 Å². The molecule has 0 atom stereocenters. The van der Waals surface area contributed by atoms with Gasteiger partial charge in [0.15, 0.2) is 0 Å². The molecule has 1 aromatic carbocycles. The summed E-state index contributed by atoms with van der Waals surface area (Å²) in [6.07, 6.45) is 12.7. The van der Waals surface area contributed by atoms with Crippen LogP contribution in [0.5, 0.6) is 0 Å². The average molecular weight is 369 g/mol. The van der Waals surface area contributed by atoms with Gasteiger partial charge in [-0.15, -0.1) is 0 Å². The molecule has 0 amide bonds. The molecular formula is C19H32N2O3S. The summed E-state index contributed by atoms with van der Waals surface area (Å²) in [4.78, 5) is 4.58. The summed E-state index contributed by atoms with van der Waals surface area (Å²) in [5.41, 5.74) is 0.551. The van der Waals surface area contributed by atoms with Crippen LogP contribution in [0.25, 0.3) is 0 Å². The van der Waals surface area contributed by atoms with Gasteiger partial charge in [-0.1, -0.05) is 57.2 Å². The zero-order valence-corrected chi connectivity index (χ0v) is 16.5. The Kier molecular flexibility index (Phi) is 9.60. The summed E-state index contributed by atoms with van der Waals surface area (Å²) < 4.78 is 29.9. The van der Waals surface area contributed by atoms with Crippen LogP contribution in [0, 0.1) is 6.92 Å². The predicted octanol–water partition coefficient (Wildman–Crippen LogP) is 4.26. The third-order valence-electron chi connectivity index (χ3n) is 4.11. The van der Waals surface area contributed by atoms with E-state index in [1.807, 2.05) is 0 Å². The molecule has 1 aliphatic heterocycles. The van der Waals surface area contributed by atoms with Gasteiger partial charge in [0, 0.05) is 26.0 Å². The molecule has 0 aliphatic carbocycles. The highest BCUT2D eigenvalue weighted by Crippen LogP contribution is 2.12. The molecule has 0 saturated carbocycles. The van der Waals surface area contributed by atoms with E-state index in [-0.39, 0.29) is 4.90 Å². The molecule has 142 valence electrons. The Balaban J connectivity index is 0.000000257. The van der Waals surface area contributed by atoms with E-state index in [4.69, 9.17) is 4.55 Å². The third kappa shape index (κ3) is 8.93. The SMILES string of the molecule is CCCCCCCCN1C=CN(C)C1.Cc1ccccc1S(=O)(=O)O. The van der Waals surface area contributed by atoms with E-state index in [9.17, 15) is 8.42 Å². The minimum absolute atomic E-state index is 0.0278. The predicted molar refractivity (Wildman–Crippen MR) is 103 cm³/mol. The van der Waals surface area contributed by atoms with Gasteiger partial charge in [0.1, 0.15) is 0 Å². The van der Waals surface area contributed by atoms with Crippen molar-refractivity contribution in [2.45, 2.75) is 57.3 Å². The molecule has 0 bridgehead atoms. The fourth-order valence-corrected chi connectivity index (χ4v) is 3.40. The molecule has 1 aliphatic rings. The highest BCUT2D eigenvalue weighted by Gasteiger charge is 2.10. The van der Waals surface area contributed by atoms with Crippen molar-refractivity contribution in [3.63, 3.8) is 0 Å². The molecule has 0 spiro atoms. The Morgan fingerprint density at radius 2 is 1.68 bits per heavy atom.